The molecule has 7 rings (SSSR count). The summed E-state index contributed by atoms with van der Waals surface area (Å²) in [7, 11) is 0. The summed E-state index contributed by atoms with van der Waals surface area (Å²) in [6.07, 6.45) is -21.2. The third-order valence-corrected chi connectivity index (χ3v) is 25.8. The SMILES string of the molecule is CCCCCCCCCCCCC/C=C/[C@@H](O)[C@H](CO[C@@H]1OC(CO)[C@@H](O[C@@H]2OC(CO)[C@H](O[C@@H]3OC(CO)[C@H](O)[C@H](O[C@@H]4OC(CO)[C@H](O)[C@H](O[C@@H]5OC(CO)[C@H](O)[C@H](O[C@H]6OC(CO)[C@H](O)[C@H](O)C6NC(C)=O)C5O[C@H]5OC(C)[C@@H](O)C(O)[C@@H]5O)C4NC(C)=O)C3O)[C@H](O)C2O)[C@H](O)C1O)NC(=O)CCCCCCCCCCCCCCCCCCCCCCCCC. The Labute approximate surface area is 764 Å². The number of hydrogen-bond acceptors (Lipinski definition) is 37. The minimum Gasteiger partial charge on any atom is -0.394 e. The fourth-order valence-corrected chi connectivity index (χ4v) is 17.9. The standard InChI is InChI=1S/C90H163N3O37/c1-6-8-10-12-14-16-18-20-21-22-23-24-25-26-27-28-29-31-33-35-37-39-41-43-62(103)93-54(55(102)42-40-38-36-34-32-30-19-17-15-13-11-9-7-2)50-117-86-75(114)72(111)78(60(48-98)123-86)125-88-76(115)73(112)79(61(49-99)124-88)126-89-77(116)81(68(107)58(46-96)121-89)128-85-64(92-53(5)101)80(67(106)57(45-95)120-85)127-90-83(130-87-74(113)71(110)65(104)51(3)118-87)82(69(108)59(47-97)122-90)129-84-63(91-52(4)100)70(109)66(105)56(44-94)119-84/h40,42,51,54-61,63-90,94-99,102,104-116H,6-39,41,43-50H2,1-5H3,(H,91,100)(H,92,101)(H,93,103)/b42-40+/t51?,54-,55+,56?,57?,58?,59?,60?,61?,63?,64?,65+,66-,67-,68-,69-,70+,71?,72+,73+,74-,75?,76?,77?,78+,79-,80+,81-,82-,83?,84+,85-,86+,87+,88-,89-,90-/m0/s1. The van der Waals surface area contributed by atoms with E-state index in [0.29, 0.717) is 12.8 Å². The zero-order valence-electron chi connectivity index (χ0n) is 76.8. The molecule has 23 N–H and O–H groups in total. The van der Waals surface area contributed by atoms with E-state index in [4.69, 9.17) is 66.3 Å². The van der Waals surface area contributed by atoms with E-state index in [1.807, 2.05) is 6.08 Å². The normalized spacial score (nSPS) is 37.3. The van der Waals surface area contributed by atoms with E-state index in [2.05, 4.69) is 29.8 Å². The highest BCUT2D eigenvalue weighted by atomic mass is 16.8. The first-order valence-corrected chi connectivity index (χ1v) is 48.3. The maximum Gasteiger partial charge on any atom is 0.220 e. The Hall–Kier alpha value is -3.21. The van der Waals surface area contributed by atoms with Gasteiger partial charge in [0.1, 0.15) is 165 Å². The van der Waals surface area contributed by atoms with Crippen molar-refractivity contribution in [3.05, 3.63) is 12.2 Å². The van der Waals surface area contributed by atoms with Crippen molar-refractivity contribution in [2.45, 2.75) is 493 Å². The lowest BCUT2D eigenvalue weighted by Crippen LogP contribution is -2.71. The topological polar surface area (TPSA) is 621 Å². The van der Waals surface area contributed by atoms with Crippen LogP contribution < -0.4 is 16.0 Å². The van der Waals surface area contributed by atoms with Crippen molar-refractivity contribution in [3.63, 3.8) is 0 Å². The van der Waals surface area contributed by atoms with Gasteiger partial charge in [-0.15, -0.1) is 0 Å². The van der Waals surface area contributed by atoms with Crippen molar-refractivity contribution < 1.29 is 183 Å². The molecular weight excluding hydrogens is 1710 g/mol. The molecule has 7 saturated heterocycles. The van der Waals surface area contributed by atoms with Gasteiger partial charge in [-0.2, -0.15) is 0 Å². The van der Waals surface area contributed by atoms with Gasteiger partial charge in [-0.25, -0.2) is 0 Å². The molecule has 130 heavy (non-hydrogen) atoms. The molecule has 0 spiro atoms. The first kappa shape index (κ1) is 114. The van der Waals surface area contributed by atoms with Crippen LogP contribution in [0.5, 0.6) is 0 Å². The molecule has 7 fully saturated rings. The van der Waals surface area contributed by atoms with Crippen molar-refractivity contribution >= 4 is 17.7 Å². The number of hydrogen-bond donors (Lipinski definition) is 23. The van der Waals surface area contributed by atoms with Gasteiger partial charge in [-0.1, -0.05) is 231 Å². The lowest BCUT2D eigenvalue weighted by atomic mass is 9.93. The predicted molar refractivity (Wildman–Crippen MR) is 462 cm³/mol. The summed E-state index contributed by atoms with van der Waals surface area (Å²) in [6.45, 7) is 0.966. The predicted octanol–water partition coefficient (Wildman–Crippen LogP) is -0.451. The van der Waals surface area contributed by atoms with Gasteiger partial charge >= 0.3 is 0 Å². The number of nitrogens with one attached hydrogen (secondary N) is 3. The molecule has 7 heterocycles. The first-order valence-electron chi connectivity index (χ1n) is 48.3. The Kier molecular flexibility index (Phi) is 53.6. The molecule has 40 nitrogen and oxygen atoms in total. The second kappa shape index (κ2) is 61.3. The smallest absolute Gasteiger partial charge is 0.220 e. The van der Waals surface area contributed by atoms with Crippen molar-refractivity contribution in [2.24, 2.45) is 0 Å². The highest BCUT2D eigenvalue weighted by molar-refractivity contribution is 5.76. The Balaban J connectivity index is 0.977. The zero-order valence-corrected chi connectivity index (χ0v) is 76.8. The van der Waals surface area contributed by atoms with Crippen LogP contribution in [0.25, 0.3) is 0 Å². The maximum atomic E-state index is 13.6. The second-order valence-corrected chi connectivity index (χ2v) is 36.3. The quantitative estimate of drug-likeness (QED) is 0.0271. The lowest BCUT2D eigenvalue weighted by molar-refractivity contribution is -0.402. The molecule has 0 bridgehead atoms. The average Bonchev–Trinajstić information content (AvgIpc) is 0.757. The molecule has 3 amide bonds. The third-order valence-electron chi connectivity index (χ3n) is 25.8. The Morgan fingerprint density at radius 1 is 0.315 bits per heavy atom. The number of rotatable bonds is 62. The van der Waals surface area contributed by atoms with Crippen LogP contribution >= 0.6 is 0 Å². The fraction of sp³-hybridized carbons (Fsp3) is 0.944. The van der Waals surface area contributed by atoms with Crippen LogP contribution in [0, 0.1) is 0 Å². The van der Waals surface area contributed by atoms with Crippen LogP contribution in [0.15, 0.2) is 12.2 Å². The largest absolute Gasteiger partial charge is 0.394 e. The van der Waals surface area contributed by atoms with Crippen LogP contribution in [0.3, 0.4) is 0 Å². The Morgan fingerprint density at radius 2 is 0.646 bits per heavy atom. The van der Waals surface area contributed by atoms with Gasteiger partial charge in [0.05, 0.1) is 64.5 Å². The lowest BCUT2D eigenvalue weighted by Gasteiger charge is -2.52. The van der Waals surface area contributed by atoms with Crippen LogP contribution in [0.1, 0.15) is 266 Å². The Morgan fingerprint density at radius 3 is 1.11 bits per heavy atom. The molecule has 0 aromatic rings. The molecule has 0 aromatic carbocycles. The summed E-state index contributed by atoms with van der Waals surface area (Å²) in [6, 6.07) is -4.76. The zero-order chi connectivity index (χ0) is 94.9. The molecule has 0 radical (unpaired) electrons. The summed E-state index contributed by atoms with van der Waals surface area (Å²) < 4.78 is 84.3. The number of unbranched alkanes of at least 4 members (excludes halogenated alkanes) is 33. The monoisotopic (exact) mass is 1880 g/mol. The summed E-state index contributed by atoms with van der Waals surface area (Å²) >= 11 is 0. The van der Waals surface area contributed by atoms with Gasteiger partial charge in [-0.05, 0) is 26.2 Å². The van der Waals surface area contributed by atoms with Gasteiger partial charge in [0.15, 0.2) is 44.0 Å². The number of amides is 3. The molecule has 7 aliphatic rings. The van der Waals surface area contributed by atoms with Crippen LogP contribution in [0.4, 0.5) is 0 Å². The summed E-state index contributed by atoms with van der Waals surface area (Å²) in [5, 5.41) is 234. The minimum absolute atomic E-state index is 0.169. The van der Waals surface area contributed by atoms with Crippen molar-refractivity contribution in [1.82, 2.24) is 16.0 Å². The molecule has 760 valence electrons. The molecule has 40 heteroatoms. The number of aliphatic hydroxyl groups is 20. The first-order chi connectivity index (χ1) is 62.5. The minimum atomic E-state index is -2.34. The van der Waals surface area contributed by atoms with Crippen molar-refractivity contribution in [3.8, 4) is 0 Å². The van der Waals surface area contributed by atoms with Crippen molar-refractivity contribution in [1.29, 1.82) is 0 Å². The van der Waals surface area contributed by atoms with E-state index < -0.39 is 285 Å². The van der Waals surface area contributed by atoms with Gasteiger partial charge < -0.3 is 184 Å². The van der Waals surface area contributed by atoms with Crippen LogP contribution in [0.2, 0.25) is 0 Å². The van der Waals surface area contributed by atoms with Gasteiger partial charge in [-0.3, -0.25) is 14.4 Å². The van der Waals surface area contributed by atoms with Gasteiger partial charge in [0.25, 0.3) is 0 Å². The summed E-state index contributed by atoms with van der Waals surface area (Å²) in [5.74, 6) is -2.11. The van der Waals surface area contributed by atoms with E-state index in [1.54, 1.807) is 6.08 Å². The number of ether oxygens (including phenoxy) is 14. The van der Waals surface area contributed by atoms with Crippen molar-refractivity contribution in [2.75, 3.05) is 46.2 Å². The second-order valence-electron chi connectivity index (χ2n) is 36.3. The highest BCUT2D eigenvalue weighted by Gasteiger charge is 2.60. The number of carbonyl (C=O) groups is 3. The fourth-order valence-electron chi connectivity index (χ4n) is 17.9. The van der Waals surface area contributed by atoms with E-state index in [9.17, 15) is 117 Å². The van der Waals surface area contributed by atoms with Gasteiger partial charge in [0.2, 0.25) is 17.7 Å². The van der Waals surface area contributed by atoms with Crippen LogP contribution in [-0.4, -0.2) is 393 Å². The number of aliphatic hydroxyl groups excluding tert-OH is 20. The van der Waals surface area contributed by atoms with E-state index >= 15 is 0 Å². The molecule has 37 atom stereocenters. The number of carbonyl (C=O) groups excluding carboxylic acids is 3. The van der Waals surface area contributed by atoms with Gasteiger partial charge in [0, 0.05) is 20.3 Å². The van der Waals surface area contributed by atoms with E-state index in [-0.39, 0.29) is 12.3 Å². The Bertz CT molecular complexity index is 3060. The third kappa shape index (κ3) is 35.0. The maximum absolute atomic E-state index is 13.6. The summed E-state index contributed by atoms with van der Waals surface area (Å²) in [4.78, 5) is 39.5. The molecule has 14 unspecified atom stereocenters. The average molecular weight is 1880 g/mol. The molecular formula is C90H163N3O37. The molecule has 0 aliphatic carbocycles. The summed E-state index contributed by atoms with van der Waals surface area (Å²) in [5.41, 5.74) is 0. The van der Waals surface area contributed by atoms with Crippen LogP contribution in [-0.2, 0) is 80.7 Å². The van der Waals surface area contributed by atoms with E-state index in [0.717, 1.165) is 65.2 Å². The molecule has 0 saturated carbocycles. The number of allylic oxidation sites excluding steroid dienone is 1. The van der Waals surface area contributed by atoms with E-state index in [1.165, 1.54) is 167 Å². The molecule has 0 aromatic heterocycles. The molecule has 7 aliphatic heterocycles. The highest BCUT2D eigenvalue weighted by Crippen LogP contribution is 2.40.